The minimum Gasteiger partial charge on any atom is -0.466 e. The van der Waals surface area contributed by atoms with Crippen molar-refractivity contribution in [1.29, 1.82) is 0 Å². The van der Waals surface area contributed by atoms with Crippen molar-refractivity contribution in [1.82, 2.24) is 5.32 Å². The number of carbonyl (C=O) groups excluding carboxylic acids is 2. The number of ether oxygens (including phenoxy) is 1. The molecule has 0 saturated heterocycles. The van der Waals surface area contributed by atoms with Gasteiger partial charge in [0.25, 0.3) is 0 Å². The van der Waals surface area contributed by atoms with Gasteiger partial charge in [-0.3, -0.25) is 9.59 Å². The summed E-state index contributed by atoms with van der Waals surface area (Å²) in [6.45, 7) is 4.95. The van der Waals surface area contributed by atoms with E-state index in [9.17, 15) is 19.8 Å². The van der Waals surface area contributed by atoms with E-state index in [0.29, 0.717) is 25.9 Å². The van der Waals surface area contributed by atoms with Crippen LogP contribution in [0.5, 0.6) is 0 Å². The molecule has 6 heteroatoms. The molecule has 2 unspecified atom stereocenters. The Morgan fingerprint density at radius 2 is 0.658 bits per heavy atom. The summed E-state index contributed by atoms with van der Waals surface area (Å²) in [5.41, 5.74) is 0. The number of hydrogen-bond donors (Lipinski definition) is 3. The third-order valence-electron chi connectivity index (χ3n) is 15.9. The lowest BCUT2D eigenvalue weighted by molar-refractivity contribution is -0.143. The Balaban J connectivity index is 3.41. The average Bonchev–Trinajstić information content (AvgIpc) is 3.42. The summed E-state index contributed by atoms with van der Waals surface area (Å²) in [4.78, 5) is 24.6. The zero-order chi connectivity index (χ0) is 55.0. The second kappa shape index (κ2) is 65.6. The van der Waals surface area contributed by atoms with Crippen LogP contribution in [0.4, 0.5) is 0 Å². The van der Waals surface area contributed by atoms with Gasteiger partial charge in [-0.15, -0.1) is 0 Å². The number of nitrogens with one attached hydrogen (secondary N) is 1. The van der Waals surface area contributed by atoms with Crippen molar-refractivity contribution < 1.29 is 24.5 Å². The van der Waals surface area contributed by atoms with Gasteiger partial charge >= 0.3 is 5.97 Å². The summed E-state index contributed by atoms with van der Waals surface area (Å²) >= 11 is 0. The van der Waals surface area contributed by atoms with Crippen LogP contribution in [0, 0.1) is 0 Å². The Morgan fingerprint density at radius 1 is 0.368 bits per heavy atom. The van der Waals surface area contributed by atoms with E-state index in [1.165, 1.54) is 289 Å². The predicted octanol–water partition coefficient (Wildman–Crippen LogP) is 21.9. The second-order valence-electron chi connectivity index (χ2n) is 23.5. The SMILES string of the molecule is CCCCC/C=C\C/C=C\CCCCCCCCCC(=O)OCCCCCCCCCCCCCC/C=C\CCCCCCCCCC(=O)NC(CO)C(O)CCCCCCCCCCCCCCCCCCCCC. The lowest BCUT2D eigenvalue weighted by atomic mass is 10.0. The number of aliphatic hydroxyl groups excluding tert-OH is 2. The van der Waals surface area contributed by atoms with E-state index in [-0.39, 0.29) is 18.5 Å². The third kappa shape index (κ3) is 61.3. The van der Waals surface area contributed by atoms with Gasteiger partial charge in [0.05, 0.1) is 25.4 Å². The van der Waals surface area contributed by atoms with E-state index >= 15 is 0 Å². The van der Waals surface area contributed by atoms with Crippen LogP contribution >= 0.6 is 0 Å². The molecule has 1 amide bonds. The molecule has 0 aromatic carbocycles. The van der Waals surface area contributed by atoms with Crippen molar-refractivity contribution in [2.75, 3.05) is 13.2 Å². The number of rotatable bonds is 64. The molecule has 0 spiro atoms. The van der Waals surface area contributed by atoms with Crippen LogP contribution in [0.15, 0.2) is 36.5 Å². The molecule has 0 aliphatic carbocycles. The molecule has 0 aromatic heterocycles. The highest BCUT2D eigenvalue weighted by atomic mass is 16.5. The van der Waals surface area contributed by atoms with Crippen LogP contribution in [-0.4, -0.2) is 47.4 Å². The lowest BCUT2D eigenvalue weighted by Gasteiger charge is -2.22. The van der Waals surface area contributed by atoms with Gasteiger partial charge in [-0.1, -0.05) is 314 Å². The molecular weight excluding hydrogens is 935 g/mol. The van der Waals surface area contributed by atoms with E-state index < -0.39 is 12.1 Å². The Labute approximate surface area is 474 Å². The Kier molecular flexibility index (Phi) is 63.9. The zero-order valence-electron chi connectivity index (χ0n) is 51.3. The molecule has 0 fully saturated rings. The highest BCUT2D eigenvalue weighted by Crippen LogP contribution is 2.18. The van der Waals surface area contributed by atoms with Gasteiger partial charge in [0, 0.05) is 12.8 Å². The summed E-state index contributed by atoms with van der Waals surface area (Å²) in [5, 5.41) is 23.4. The van der Waals surface area contributed by atoms with Gasteiger partial charge in [0.2, 0.25) is 5.91 Å². The summed E-state index contributed by atoms with van der Waals surface area (Å²) in [6, 6.07) is -0.547. The minimum atomic E-state index is -0.669. The first-order chi connectivity index (χ1) is 37.5. The first-order valence-corrected chi connectivity index (χ1v) is 34.2. The molecule has 0 heterocycles. The van der Waals surface area contributed by atoms with Gasteiger partial charge in [0.15, 0.2) is 0 Å². The molecule has 2 atom stereocenters. The van der Waals surface area contributed by atoms with Crippen LogP contribution in [0.1, 0.15) is 373 Å². The van der Waals surface area contributed by atoms with Crippen LogP contribution in [0.2, 0.25) is 0 Å². The van der Waals surface area contributed by atoms with Crippen LogP contribution < -0.4 is 5.32 Å². The number of amides is 1. The third-order valence-corrected chi connectivity index (χ3v) is 15.9. The molecule has 0 bridgehead atoms. The summed E-state index contributed by atoms with van der Waals surface area (Å²) in [5.74, 6) is -0.0340. The lowest BCUT2D eigenvalue weighted by Crippen LogP contribution is -2.45. The highest BCUT2D eigenvalue weighted by molar-refractivity contribution is 5.76. The molecule has 76 heavy (non-hydrogen) atoms. The van der Waals surface area contributed by atoms with E-state index in [2.05, 4.69) is 55.6 Å². The fraction of sp³-hybridized carbons (Fsp3) is 0.886. The maximum absolute atomic E-state index is 12.5. The van der Waals surface area contributed by atoms with E-state index in [0.717, 1.165) is 51.4 Å². The molecule has 6 nitrogen and oxygen atoms in total. The largest absolute Gasteiger partial charge is 0.466 e. The quantitative estimate of drug-likeness (QED) is 0.0320. The van der Waals surface area contributed by atoms with Gasteiger partial charge in [-0.2, -0.15) is 0 Å². The van der Waals surface area contributed by atoms with E-state index in [4.69, 9.17) is 4.74 Å². The van der Waals surface area contributed by atoms with E-state index in [1.54, 1.807) is 0 Å². The highest BCUT2D eigenvalue weighted by Gasteiger charge is 2.20. The van der Waals surface area contributed by atoms with Crippen molar-refractivity contribution in [3.8, 4) is 0 Å². The molecule has 448 valence electrons. The maximum atomic E-state index is 12.5. The van der Waals surface area contributed by atoms with Gasteiger partial charge in [-0.25, -0.2) is 0 Å². The number of unbranched alkanes of at least 4 members (excludes halogenated alkanes) is 47. The smallest absolute Gasteiger partial charge is 0.305 e. The summed E-state index contributed by atoms with van der Waals surface area (Å²) < 4.78 is 5.49. The van der Waals surface area contributed by atoms with Crippen LogP contribution in [-0.2, 0) is 14.3 Å². The molecule has 0 aliphatic heterocycles. The Bertz CT molecular complexity index is 1230. The standard InChI is InChI=1S/C70H133NO5/c1-3-5-7-9-11-13-15-17-19-21-27-31-34-38-42-46-50-54-58-62-68(73)67(66-72)71-69(74)63-59-55-51-47-43-39-35-32-28-25-23-22-24-26-29-33-37-41-45-49-53-57-61-65-76-70(75)64-60-56-52-48-44-40-36-30-20-18-16-14-12-10-8-6-4-2/h12,14,18,20,25,28,67-68,72-73H,3-11,13,15-17,19,21-24,26-27,29-66H2,1-2H3,(H,71,74)/b14-12-,20-18-,28-25-. The van der Waals surface area contributed by atoms with Crippen molar-refractivity contribution in [2.45, 2.75) is 386 Å². The fourth-order valence-corrected chi connectivity index (χ4v) is 10.7. The first kappa shape index (κ1) is 74.1. The van der Waals surface area contributed by atoms with Crippen molar-refractivity contribution in [3.05, 3.63) is 36.5 Å². The van der Waals surface area contributed by atoms with Gasteiger partial charge in [0.1, 0.15) is 0 Å². The average molecular weight is 1070 g/mol. The number of carbonyl (C=O) groups is 2. The molecule has 3 N–H and O–H groups in total. The zero-order valence-corrected chi connectivity index (χ0v) is 51.3. The van der Waals surface area contributed by atoms with Gasteiger partial charge < -0.3 is 20.3 Å². The maximum Gasteiger partial charge on any atom is 0.305 e. The summed E-state index contributed by atoms with van der Waals surface area (Å²) in [6.07, 6.45) is 83.1. The monoisotopic (exact) mass is 1070 g/mol. The number of aliphatic hydroxyl groups is 2. The number of hydrogen-bond acceptors (Lipinski definition) is 5. The van der Waals surface area contributed by atoms with Crippen molar-refractivity contribution in [2.24, 2.45) is 0 Å². The predicted molar refractivity (Wildman–Crippen MR) is 333 cm³/mol. The van der Waals surface area contributed by atoms with Crippen LogP contribution in [0.25, 0.3) is 0 Å². The molecule has 0 aromatic rings. The van der Waals surface area contributed by atoms with E-state index in [1.807, 2.05) is 0 Å². The topological polar surface area (TPSA) is 95.9 Å². The summed E-state index contributed by atoms with van der Waals surface area (Å²) in [7, 11) is 0. The number of allylic oxidation sites excluding steroid dienone is 6. The molecule has 0 rings (SSSR count). The first-order valence-electron chi connectivity index (χ1n) is 34.2. The molecule has 0 radical (unpaired) electrons. The normalized spacial score (nSPS) is 12.7. The van der Waals surface area contributed by atoms with Crippen LogP contribution in [0.3, 0.4) is 0 Å². The number of esters is 1. The fourth-order valence-electron chi connectivity index (χ4n) is 10.7. The van der Waals surface area contributed by atoms with Crippen molar-refractivity contribution in [3.63, 3.8) is 0 Å². The molecule has 0 aliphatic rings. The molecular formula is C70H133NO5. The Morgan fingerprint density at radius 3 is 1.04 bits per heavy atom. The Hall–Kier alpha value is -1.92. The minimum absolute atomic E-state index is 0.00425. The molecule has 0 saturated carbocycles. The van der Waals surface area contributed by atoms with Crippen molar-refractivity contribution >= 4 is 11.9 Å². The van der Waals surface area contributed by atoms with Gasteiger partial charge in [-0.05, 0) is 83.5 Å². The second-order valence-corrected chi connectivity index (χ2v) is 23.5.